The van der Waals surface area contributed by atoms with Crippen molar-refractivity contribution in [1.82, 2.24) is 0 Å². The molecule has 17 atom stereocenters. The summed E-state index contributed by atoms with van der Waals surface area (Å²) in [5.41, 5.74) is 1.73. The van der Waals surface area contributed by atoms with E-state index in [9.17, 15) is 19.8 Å². The largest absolute Gasteiger partial charge is 0.458 e. The molecule has 18 heteroatoms. The second-order valence-corrected chi connectivity index (χ2v) is 51.3. The molecule has 6 bridgehead atoms. The number of ether oxygens (including phenoxy) is 6. The molecule has 0 aromatic heterocycles. The molecule has 4 fully saturated rings. The summed E-state index contributed by atoms with van der Waals surface area (Å²) in [6, 6.07) is 0. The third-order valence-electron chi connectivity index (χ3n) is 21.3. The molecule has 486 valence electrons. The Bertz CT molecular complexity index is 2210. The van der Waals surface area contributed by atoms with Crippen LogP contribution in [0.5, 0.6) is 0 Å². The van der Waals surface area contributed by atoms with Crippen molar-refractivity contribution in [3.8, 4) is 0 Å². The summed E-state index contributed by atoms with van der Waals surface area (Å²) in [7, 11) is -7.84. The highest BCUT2D eigenvalue weighted by Gasteiger charge is 2.56. The zero-order chi connectivity index (χ0) is 63.5. The first-order valence-corrected chi connectivity index (χ1v) is 43.9. The molecule has 6 unspecified atom stereocenters. The van der Waals surface area contributed by atoms with E-state index in [1.807, 2.05) is 6.92 Å². The molecule has 14 nitrogen and oxygen atoms in total. The van der Waals surface area contributed by atoms with Gasteiger partial charge in [-0.3, -0.25) is 9.59 Å². The zero-order valence-electron chi connectivity index (χ0n) is 57.1. The van der Waals surface area contributed by atoms with Crippen LogP contribution in [0.25, 0.3) is 0 Å². The van der Waals surface area contributed by atoms with E-state index in [-0.39, 0.29) is 69.4 Å². The number of methoxy groups -OCH3 is 1. The van der Waals surface area contributed by atoms with Gasteiger partial charge in [-0.2, -0.15) is 0 Å². The number of allylic oxidation sites excluding steroid dienone is 1. The minimum absolute atomic E-state index is 0.0195. The van der Waals surface area contributed by atoms with Crippen molar-refractivity contribution in [1.29, 1.82) is 0 Å². The van der Waals surface area contributed by atoms with Crippen LogP contribution >= 0.6 is 0 Å². The van der Waals surface area contributed by atoms with Crippen molar-refractivity contribution in [3.05, 3.63) is 36.5 Å². The standard InChI is InChI=1S/C66H122O14Si4/c1-42-35-46(68)31-33-52-43(2)36-48(74-52)29-27-26-28-30-54(79-83(22,23)65(11,12)13)61-62(80-84(24,25)66(14,15)16)58(70)60-53(77-61)34-32-49(75-60)37-47(69)38-51-56(40-55(44(42)3)73-45(4)67)76-57(59(51)71-17)39-50(78-82(20,21)64(8,9)10)41-72-81(18,19)63(5,6)7/h28,30,42,46,48-62,68,70H,2-3,26-27,29,31-41H2,1,4-25H3/b30-28+/t42-,46-,48?,49?,50+,51?,52?,53+,54?,55-,56+,57-,58+,59-,60+,61+,62?/m1/s1. The Morgan fingerprint density at radius 2 is 1.29 bits per heavy atom. The molecule has 0 aliphatic carbocycles. The summed E-state index contributed by atoms with van der Waals surface area (Å²) in [5.74, 6) is -1.15. The highest BCUT2D eigenvalue weighted by atomic mass is 28.4. The van der Waals surface area contributed by atoms with Crippen LogP contribution in [0.15, 0.2) is 36.5 Å². The van der Waals surface area contributed by atoms with E-state index in [1.54, 1.807) is 7.11 Å². The number of aliphatic hydroxyl groups excluding tert-OH is 2. The molecule has 6 aliphatic rings. The van der Waals surface area contributed by atoms with Crippen LogP contribution in [0.1, 0.15) is 180 Å². The van der Waals surface area contributed by atoms with Crippen LogP contribution in [0.2, 0.25) is 72.5 Å². The van der Waals surface area contributed by atoms with Gasteiger partial charge in [0.05, 0.1) is 67.6 Å². The summed E-state index contributed by atoms with van der Waals surface area (Å²) in [4.78, 5) is 28.1. The summed E-state index contributed by atoms with van der Waals surface area (Å²) < 4.78 is 69.5. The van der Waals surface area contributed by atoms with Gasteiger partial charge in [0.25, 0.3) is 0 Å². The fraction of sp³-hybridized carbons (Fsp3) is 0.879. The smallest absolute Gasteiger partial charge is 0.303 e. The lowest BCUT2D eigenvalue weighted by molar-refractivity contribution is -0.269. The van der Waals surface area contributed by atoms with Crippen LogP contribution in [-0.2, 0) is 55.7 Å². The summed E-state index contributed by atoms with van der Waals surface area (Å²) in [5, 5.41) is 24.1. The molecule has 2 N–H and O–H groups in total. The second kappa shape index (κ2) is 29.0. The van der Waals surface area contributed by atoms with Crippen molar-refractivity contribution >= 4 is 45.0 Å². The monoisotopic (exact) mass is 1250 g/mol. The zero-order valence-corrected chi connectivity index (χ0v) is 61.1. The van der Waals surface area contributed by atoms with Crippen LogP contribution in [0, 0.1) is 11.8 Å². The lowest BCUT2D eigenvalue weighted by atomic mass is 9.82. The fourth-order valence-corrected chi connectivity index (χ4v) is 16.7. The maximum absolute atomic E-state index is 15.0. The molecule has 0 aromatic rings. The Morgan fingerprint density at radius 1 is 0.690 bits per heavy atom. The number of esters is 1. The highest BCUT2D eigenvalue weighted by molar-refractivity contribution is 6.75. The molecule has 0 saturated carbocycles. The van der Waals surface area contributed by atoms with Crippen LogP contribution in [0.4, 0.5) is 0 Å². The number of Topliss-reactive ketones (excluding diaryl/α,β-unsaturated/α-hetero) is 1. The Kier molecular flexibility index (Phi) is 25.3. The maximum atomic E-state index is 15.0. The molecule has 0 spiro atoms. The van der Waals surface area contributed by atoms with Gasteiger partial charge in [-0.1, -0.05) is 115 Å². The number of hydrogen-bond acceptors (Lipinski definition) is 14. The van der Waals surface area contributed by atoms with Crippen molar-refractivity contribution in [2.24, 2.45) is 11.8 Å². The lowest BCUT2D eigenvalue weighted by Gasteiger charge is -2.53. The number of hydrogen-bond donors (Lipinski definition) is 2. The normalized spacial score (nSPS) is 34.7. The predicted octanol–water partition coefficient (Wildman–Crippen LogP) is 14.5. The number of carbonyl (C=O) groups excluding carboxylic acids is 2. The number of fused-ring (bicyclic) bond motifs is 15. The minimum Gasteiger partial charge on any atom is -0.458 e. The summed E-state index contributed by atoms with van der Waals surface area (Å²) in [6.07, 6.45) is 3.22. The minimum atomic E-state index is -2.54. The third-order valence-corrected chi connectivity index (χ3v) is 39.3. The Morgan fingerprint density at radius 3 is 1.87 bits per heavy atom. The molecular weight excluding hydrogens is 1130 g/mol. The third kappa shape index (κ3) is 19.2. The van der Waals surface area contributed by atoms with Crippen LogP contribution < -0.4 is 0 Å². The first-order valence-electron chi connectivity index (χ1n) is 32.3. The molecule has 84 heavy (non-hydrogen) atoms. The molecule has 6 rings (SSSR count). The van der Waals surface area contributed by atoms with Gasteiger partial charge in [0.2, 0.25) is 0 Å². The molecule has 0 radical (unpaired) electrons. The topological polar surface area (TPSA) is 167 Å². The Labute approximate surface area is 514 Å². The van der Waals surface area contributed by atoms with Gasteiger partial charge in [-0.25, -0.2) is 0 Å². The van der Waals surface area contributed by atoms with Crippen molar-refractivity contribution < 1.29 is 65.9 Å². The molecular formula is C66H122O14Si4. The Hall–Kier alpha value is -1.21. The molecule has 0 amide bonds. The van der Waals surface area contributed by atoms with Crippen LogP contribution in [-0.4, -0.2) is 161 Å². The number of rotatable bonds is 13. The molecule has 6 heterocycles. The van der Waals surface area contributed by atoms with E-state index in [1.165, 1.54) is 6.92 Å². The van der Waals surface area contributed by atoms with E-state index in [4.69, 9.17) is 46.1 Å². The van der Waals surface area contributed by atoms with Gasteiger partial charge in [-0.05, 0) is 147 Å². The van der Waals surface area contributed by atoms with E-state index in [2.05, 4.69) is 161 Å². The van der Waals surface area contributed by atoms with Gasteiger partial charge in [-0.15, -0.1) is 0 Å². The number of ketones is 1. The molecule has 4 saturated heterocycles. The highest BCUT2D eigenvalue weighted by Crippen LogP contribution is 2.47. The van der Waals surface area contributed by atoms with E-state index in [0.29, 0.717) is 50.7 Å². The van der Waals surface area contributed by atoms with Crippen molar-refractivity contribution in [2.75, 3.05) is 13.7 Å². The summed E-state index contributed by atoms with van der Waals surface area (Å²) >= 11 is 0. The number of aliphatic hydroxyl groups is 2. The van der Waals surface area contributed by atoms with Crippen LogP contribution in [0.3, 0.4) is 0 Å². The first-order chi connectivity index (χ1) is 38.4. The van der Waals surface area contributed by atoms with Gasteiger partial charge in [0.15, 0.2) is 33.3 Å². The predicted molar refractivity (Wildman–Crippen MR) is 347 cm³/mol. The van der Waals surface area contributed by atoms with Gasteiger partial charge in [0, 0.05) is 45.6 Å². The molecule has 6 aliphatic heterocycles. The first kappa shape index (κ1) is 73.5. The maximum Gasteiger partial charge on any atom is 0.303 e. The van der Waals surface area contributed by atoms with Crippen molar-refractivity contribution in [2.45, 2.75) is 344 Å². The summed E-state index contributed by atoms with van der Waals surface area (Å²) in [6.45, 7) is 57.5. The average Bonchev–Trinajstić information content (AvgIpc) is 3.90. The number of carbonyl (C=O) groups is 2. The van der Waals surface area contributed by atoms with E-state index < -0.39 is 118 Å². The molecule has 0 aromatic carbocycles. The second-order valence-electron chi connectivity index (χ2n) is 32.2. The Balaban J connectivity index is 1.56. The fourth-order valence-electron chi connectivity index (χ4n) is 11.8. The average molecular weight is 1250 g/mol. The lowest BCUT2D eigenvalue weighted by Crippen LogP contribution is -2.67. The SMILES string of the molecule is C=C1CC2CCC/C=C/C(O[Si](C)(C)C(C)(C)C)[C@@H]3O[C@H]4CCC(CC(=O)CC5[C@H](C[C@@H](OC(C)=O)C(=C)[C@H](C)C[C@H](O)CCC1O2)O[C@H](C[C@@H](CO[Si](C)(C)C(C)(C)C)O[Si](C)(C)C(C)(C)C)[C@@H]5OC)O[C@@H]4[C@H](O)C3O[Si](C)(C)C(C)(C)C. The van der Waals surface area contributed by atoms with E-state index >= 15 is 0 Å². The van der Waals surface area contributed by atoms with Crippen molar-refractivity contribution in [3.63, 3.8) is 0 Å². The van der Waals surface area contributed by atoms with Gasteiger partial charge < -0.3 is 56.3 Å². The van der Waals surface area contributed by atoms with Gasteiger partial charge >= 0.3 is 5.97 Å². The van der Waals surface area contributed by atoms with Gasteiger partial charge in [0.1, 0.15) is 36.3 Å². The van der Waals surface area contributed by atoms with E-state index in [0.717, 1.165) is 31.3 Å². The quantitative estimate of drug-likeness (QED) is 0.102.